The van der Waals surface area contributed by atoms with Gasteiger partial charge in [0.2, 0.25) is 5.75 Å². The van der Waals surface area contributed by atoms with Crippen LogP contribution in [0.2, 0.25) is 0 Å². The summed E-state index contributed by atoms with van der Waals surface area (Å²) < 4.78 is 10.3. The Labute approximate surface area is 184 Å². The molecule has 2 aromatic heterocycles. The molecule has 0 spiro atoms. The lowest BCUT2D eigenvalue weighted by Gasteiger charge is -2.10. The highest BCUT2D eigenvalue weighted by Gasteiger charge is 2.14. The van der Waals surface area contributed by atoms with Crippen LogP contribution in [0.25, 0.3) is 22.2 Å². The van der Waals surface area contributed by atoms with Crippen molar-refractivity contribution in [2.24, 2.45) is 5.10 Å². The molecular weight excluding hydrogens is 408 g/mol. The smallest absolute Gasteiger partial charge is 0.272 e. The van der Waals surface area contributed by atoms with E-state index >= 15 is 0 Å². The number of benzene rings is 2. The van der Waals surface area contributed by atoms with Gasteiger partial charge >= 0.3 is 0 Å². The fourth-order valence-corrected chi connectivity index (χ4v) is 3.25. The summed E-state index contributed by atoms with van der Waals surface area (Å²) in [6, 6.07) is 16.0. The van der Waals surface area contributed by atoms with Crippen molar-refractivity contribution in [2.45, 2.75) is 0 Å². The Balaban J connectivity index is 1.65. The summed E-state index contributed by atoms with van der Waals surface area (Å²) in [6.45, 7) is 0. The maximum atomic E-state index is 13.0. The van der Waals surface area contributed by atoms with Crippen LogP contribution in [0, 0.1) is 0 Å². The van der Waals surface area contributed by atoms with Gasteiger partial charge in [0.25, 0.3) is 5.91 Å². The number of amides is 1. The standard InChI is InChI=1S/C24H20N4O4/c1-31-21-11-15(12-22(32-2)23(21)29)14-26-28-24(30)18-13-20(16-7-9-25-10-8-16)27-19-6-4-3-5-17(18)19/h3-14,29H,1-2H3,(H,28,30)/b26-14+. The van der Waals surface area contributed by atoms with E-state index in [1.165, 1.54) is 20.4 Å². The van der Waals surface area contributed by atoms with Gasteiger partial charge < -0.3 is 14.6 Å². The number of hydrogen-bond acceptors (Lipinski definition) is 7. The number of phenolic OH excluding ortho intramolecular Hbond substituents is 1. The van der Waals surface area contributed by atoms with Crippen molar-refractivity contribution in [3.05, 3.63) is 78.1 Å². The van der Waals surface area contributed by atoms with Crippen LogP contribution in [0.5, 0.6) is 17.2 Å². The summed E-state index contributed by atoms with van der Waals surface area (Å²) >= 11 is 0. The van der Waals surface area contributed by atoms with Gasteiger partial charge in [-0.15, -0.1) is 0 Å². The number of aromatic nitrogens is 2. The lowest BCUT2D eigenvalue weighted by molar-refractivity contribution is 0.0956. The number of pyridine rings is 2. The Morgan fingerprint density at radius 1 is 1.03 bits per heavy atom. The summed E-state index contributed by atoms with van der Waals surface area (Å²) in [5, 5.41) is 14.8. The summed E-state index contributed by atoms with van der Waals surface area (Å²) in [5.41, 5.74) is 5.79. The average molecular weight is 428 g/mol. The van der Waals surface area contributed by atoms with Crippen LogP contribution in [-0.2, 0) is 0 Å². The summed E-state index contributed by atoms with van der Waals surface area (Å²) in [6.07, 6.45) is 4.79. The van der Waals surface area contributed by atoms with Crippen LogP contribution in [0.1, 0.15) is 15.9 Å². The topological polar surface area (TPSA) is 106 Å². The molecule has 0 radical (unpaired) electrons. The zero-order valence-electron chi connectivity index (χ0n) is 17.4. The number of phenols is 1. The fourth-order valence-electron chi connectivity index (χ4n) is 3.25. The molecule has 0 aliphatic carbocycles. The first-order valence-electron chi connectivity index (χ1n) is 9.69. The molecule has 0 unspecified atom stereocenters. The summed E-state index contributed by atoms with van der Waals surface area (Å²) in [4.78, 5) is 21.7. The van der Waals surface area contributed by atoms with Crippen LogP contribution in [0.4, 0.5) is 0 Å². The fraction of sp³-hybridized carbons (Fsp3) is 0.0833. The molecule has 0 fully saturated rings. The molecule has 8 nitrogen and oxygen atoms in total. The van der Waals surface area contributed by atoms with Crippen molar-refractivity contribution in [1.82, 2.24) is 15.4 Å². The van der Waals surface area contributed by atoms with Gasteiger partial charge in [-0.2, -0.15) is 5.10 Å². The molecule has 2 aromatic carbocycles. The van der Waals surface area contributed by atoms with Crippen LogP contribution in [0.15, 0.2) is 72.1 Å². The molecule has 4 aromatic rings. The van der Waals surface area contributed by atoms with Crippen molar-refractivity contribution in [1.29, 1.82) is 0 Å². The van der Waals surface area contributed by atoms with E-state index in [2.05, 4.69) is 20.5 Å². The molecule has 0 aliphatic rings. The minimum atomic E-state index is -0.382. The van der Waals surface area contributed by atoms with E-state index in [0.717, 1.165) is 5.56 Å². The molecule has 0 bridgehead atoms. The summed E-state index contributed by atoms with van der Waals surface area (Å²) in [7, 11) is 2.87. The highest BCUT2D eigenvalue weighted by Crippen LogP contribution is 2.36. The van der Waals surface area contributed by atoms with Gasteiger partial charge in [0.1, 0.15) is 0 Å². The van der Waals surface area contributed by atoms with Crippen LogP contribution in [0.3, 0.4) is 0 Å². The number of hydrazone groups is 1. The third kappa shape index (κ3) is 4.20. The van der Waals surface area contributed by atoms with E-state index < -0.39 is 0 Å². The summed E-state index contributed by atoms with van der Waals surface area (Å²) in [5.74, 6) is -0.0190. The minimum Gasteiger partial charge on any atom is -0.502 e. The van der Waals surface area contributed by atoms with Crippen molar-refractivity contribution in [3.8, 4) is 28.5 Å². The SMILES string of the molecule is COc1cc(/C=N/NC(=O)c2cc(-c3ccncc3)nc3ccccc23)cc(OC)c1O. The van der Waals surface area contributed by atoms with Gasteiger partial charge in [0, 0.05) is 28.9 Å². The van der Waals surface area contributed by atoms with Crippen LogP contribution < -0.4 is 14.9 Å². The number of carbonyl (C=O) groups is 1. The number of ether oxygens (including phenoxy) is 2. The first-order chi connectivity index (χ1) is 15.6. The highest BCUT2D eigenvalue weighted by atomic mass is 16.5. The first-order valence-corrected chi connectivity index (χ1v) is 9.69. The Hall–Kier alpha value is -4.46. The monoisotopic (exact) mass is 428 g/mol. The van der Waals surface area contributed by atoms with E-state index in [-0.39, 0.29) is 23.2 Å². The quantitative estimate of drug-likeness (QED) is 0.358. The van der Waals surface area contributed by atoms with E-state index in [0.29, 0.717) is 27.7 Å². The molecule has 4 rings (SSSR count). The number of para-hydroxylation sites is 1. The van der Waals surface area contributed by atoms with Gasteiger partial charge in [0.15, 0.2) is 11.5 Å². The maximum Gasteiger partial charge on any atom is 0.272 e. The third-order valence-corrected chi connectivity index (χ3v) is 4.82. The van der Waals surface area contributed by atoms with Crippen molar-refractivity contribution in [3.63, 3.8) is 0 Å². The first kappa shape index (κ1) is 20.8. The van der Waals surface area contributed by atoms with E-state index in [1.807, 2.05) is 36.4 Å². The van der Waals surface area contributed by atoms with Crippen molar-refractivity contribution < 1.29 is 19.4 Å². The molecule has 8 heteroatoms. The van der Waals surface area contributed by atoms with Gasteiger partial charge in [-0.05, 0) is 36.4 Å². The molecule has 2 heterocycles. The highest BCUT2D eigenvalue weighted by molar-refractivity contribution is 6.07. The van der Waals surface area contributed by atoms with Crippen molar-refractivity contribution in [2.75, 3.05) is 14.2 Å². The lowest BCUT2D eigenvalue weighted by atomic mass is 10.0. The molecule has 0 aliphatic heterocycles. The molecule has 160 valence electrons. The Morgan fingerprint density at radius 3 is 2.41 bits per heavy atom. The van der Waals surface area contributed by atoms with Gasteiger partial charge in [-0.1, -0.05) is 18.2 Å². The second-order valence-electron chi connectivity index (χ2n) is 6.78. The van der Waals surface area contributed by atoms with Crippen LogP contribution >= 0.6 is 0 Å². The molecule has 0 atom stereocenters. The molecule has 2 N–H and O–H groups in total. The second-order valence-corrected chi connectivity index (χ2v) is 6.78. The van der Waals surface area contributed by atoms with Gasteiger partial charge in [0.05, 0.1) is 37.2 Å². The Kier molecular flexibility index (Phi) is 5.94. The number of aromatic hydroxyl groups is 1. The number of nitrogens with one attached hydrogen (secondary N) is 1. The Bertz CT molecular complexity index is 1280. The molecule has 0 saturated carbocycles. The number of methoxy groups -OCH3 is 2. The number of fused-ring (bicyclic) bond motifs is 1. The largest absolute Gasteiger partial charge is 0.502 e. The average Bonchev–Trinajstić information content (AvgIpc) is 2.84. The van der Waals surface area contributed by atoms with Crippen LogP contribution in [-0.4, -0.2) is 41.4 Å². The molecule has 32 heavy (non-hydrogen) atoms. The minimum absolute atomic E-state index is 0.108. The van der Waals surface area contributed by atoms with E-state index in [1.54, 1.807) is 30.6 Å². The Morgan fingerprint density at radius 2 is 1.72 bits per heavy atom. The second kappa shape index (κ2) is 9.13. The zero-order chi connectivity index (χ0) is 22.5. The van der Waals surface area contributed by atoms with E-state index in [4.69, 9.17) is 9.47 Å². The third-order valence-electron chi connectivity index (χ3n) is 4.82. The number of nitrogens with zero attached hydrogens (tertiary/aromatic N) is 3. The van der Waals surface area contributed by atoms with Gasteiger partial charge in [-0.25, -0.2) is 10.4 Å². The molecule has 1 amide bonds. The molecule has 0 saturated heterocycles. The maximum absolute atomic E-state index is 13.0. The van der Waals surface area contributed by atoms with Gasteiger partial charge in [-0.3, -0.25) is 9.78 Å². The molecular formula is C24H20N4O4. The predicted octanol–water partition coefficient (Wildman–Crippen LogP) is 3.78. The van der Waals surface area contributed by atoms with E-state index in [9.17, 15) is 9.90 Å². The normalized spacial score (nSPS) is 10.9. The van der Waals surface area contributed by atoms with Crippen molar-refractivity contribution >= 4 is 23.0 Å². The number of hydrogen-bond donors (Lipinski definition) is 2. The number of rotatable bonds is 6. The lowest BCUT2D eigenvalue weighted by Crippen LogP contribution is -2.18. The number of carbonyl (C=O) groups excluding carboxylic acids is 1. The zero-order valence-corrected chi connectivity index (χ0v) is 17.4. The predicted molar refractivity (Wildman–Crippen MR) is 121 cm³/mol.